The molecule has 84 heavy (non-hydrogen) atoms. The topological polar surface area (TPSA) is 210 Å². The fourth-order valence-electron chi connectivity index (χ4n) is 10.3. The van der Waals surface area contributed by atoms with Crippen molar-refractivity contribution in [3.8, 4) is 11.1 Å². The molecule has 6 N–H and O–H groups in total. The average Bonchev–Trinajstić information content (AvgIpc) is 2.40. The highest BCUT2D eigenvalue weighted by atomic mass is 32.2. The van der Waals surface area contributed by atoms with E-state index in [1.165, 1.54) is 18.7 Å². The van der Waals surface area contributed by atoms with Crippen LogP contribution in [0.3, 0.4) is 0 Å². The zero-order chi connectivity index (χ0) is 59.6. The molecule has 15 nitrogen and oxygen atoms in total. The minimum atomic E-state index is -1.51. The molecule has 0 fully saturated rings. The van der Waals surface area contributed by atoms with Gasteiger partial charge >= 0.3 is 12.2 Å². The number of nitrogens with one attached hydrogen (secondary N) is 6. The Hall–Kier alpha value is -9.02. The van der Waals surface area contributed by atoms with Gasteiger partial charge in [0.2, 0.25) is 23.6 Å². The predicted octanol–water partition coefficient (Wildman–Crippen LogP) is 9.57. The second kappa shape index (κ2) is 28.8. The normalized spacial score (nSPS) is 13.7. The lowest BCUT2D eigenvalue weighted by atomic mass is 9.84. The monoisotopic (exact) mass is 1150 g/mol. The van der Waals surface area contributed by atoms with Gasteiger partial charge in [-0.05, 0) is 84.2 Å². The third kappa shape index (κ3) is 15.9. The van der Waals surface area contributed by atoms with E-state index in [2.05, 4.69) is 31.9 Å². The minimum absolute atomic E-state index is 0.00534. The van der Waals surface area contributed by atoms with E-state index in [4.69, 9.17) is 9.47 Å². The van der Waals surface area contributed by atoms with Crippen molar-refractivity contribution in [2.75, 3.05) is 18.9 Å². The van der Waals surface area contributed by atoms with E-state index in [0.717, 1.165) is 44.5 Å². The zero-order valence-electron chi connectivity index (χ0n) is 47.8. The fraction of sp³-hybridized carbons (Fsp3) is 0.279. The molecule has 5 atom stereocenters. The zero-order valence-corrected chi connectivity index (χ0v) is 48.7. The average molecular weight is 1150 g/mol. The first-order valence-corrected chi connectivity index (χ1v) is 29.2. The van der Waals surface area contributed by atoms with Gasteiger partial charge in [0.05, 0.1) is 10.8 Å². The van der Waals surface area contributed by atoms with Gasteiger partial charge in [-0.1, -0.05) is 207 Å². The third-order valence-electron chi connectivity index (χ3n) is 14.5. The maximum atomic E-state index is 14.6. The summed E-state index contributed by atoms with van der Waals surface area (Å²) in [5, 5.41) is 16.6. The van der Waals surface area contributed by atoms with Gasteiger partial charge < -0.3 is 41.4 Å². The molecule has 0 spiro atoms. The van der Waals surface area contributed by atoms with Crippen LogP contribution in [0.25, 0.3) is 11.1 Å². The Morgan fingerprint density at radius 3 is 1.32 bits per heavy atom. The van der Waals surface area contributed by atoms with E-state index in [1.54, 1.807) is 52.0 Å². The van der Waals surface area contributed by atoms with E-state index < -0.39 is 82.9 Å². The maximum absolute atomic E-state index is 14.6. The lowest BCUT2D eigenvalue weighted by Crippen LogP contribution is -2.60. The molecule has 0 saturated heterocycles. The van der Waals surface area contributed by atoms with E-state index in [1.807, 2.05) is 176 Å². The molecular formula is C68H72N6O9S. The Morgan fingerprint density at radius 2 is 0.857 bits per heavy atom. The van der Waals surface area contributed by atoms with Crippen LogP contribution in [-0.2, 0) is 51.0 Å². The smallest absolute Gasteiger partial charge is 0.408 e. The van der Waals surface area contributed by atoms with Gasteiger partial charge in [-0.15, -0.1) is 11.8 Å². The van der Waals surface area contributed by atoms with Crippen LogP contribution in [0.2, 0.25) is 0 Å². The molecule has 8 rings (SSSR count). The van der Waals surface area contributed by atoms with E-state index in [-0.39, 0.29) is 43.3 Å². The highest BCUT2D eigenvalue weighted by Crippen LogP contribution is 2.49. The largest absolute Gasteiger partial charge is 0.449 e. The van der Waals surface area contributed by atoms with Gasteiger partial charge in [-0.3, -0.25) is 24.0 Å². The van der Waals surface area contributed by atoms with Crippen LogP contribution in [0.15, 0.2) is 200 Å². The standard InChI is InChI=1S/C68H72N6O9S/c1-6-56(62(77)72-60(45(2)75)44-84-68(48-30-16-9-17-31-48,49-32-18-10-19-33-49)50-34-20-11-21-35-50)70-64(79)59(74-66(81)83-67(3,4)5)42-69-61(76)57(40-46-26-12-7-13-27-46)71-63(78)58(41-47-28-14-8-15-29-47)73-65(80)82-43-55-53-38-24-22-36-51(53)52-37-23-25-39-54(52)55/h7-39,55-60H,6,40-44H2,1-5H3,(H,69,76)(H,70,79)(H,71,78)(H,72,77)(H,73,80)(H,74,81)/t56-,57-,58-,59-,60-/m0/s1. The van der Waals surface area contributed by atoms with Crippen molar-refractivity contribution in [1.29, 1.82) is 0 Å². The van der Waals surface area contributed by atoms with Crippen molar-refractivity contribution < 1.29 is 43.0 Å². The Bertz CT molecular complexity index is 3220. The number of benzene rings is 7. The lowest BCUT2D eigenvalue weighted by molar-refractivity contribution is -0.132. The van der Waals surface area contributed by atoms with Crippen LogP contribution in [-0.4, -0.2) is 96.3 Å². The number of Topliss-reactive ketones (excluding diaryl/α,β-unsaturated/α-hetero) is 1. The van der Waals surface area contributed by atoms with Crippen LogP contribution < -0.4 is 31.9 Å². The summed E-state index contributed by atoms with van der Waals surface area (Å²) in [5.74, 6) is -3.27. The van der Waals surface area contributed by atoms with Crippen molar-refractivity contribution in [2.45, 2.75) is 100 Å². The molecule has 0 heterocycles. The number of alkyl carbamates (subject to hydrolysis) is 2. The number of hydrogen-bond donors (Lipinski definition) is 6. The first-order valence-electron chi connectivity index (χ1n) is 28.2. The minimum Gasteiger partial charge on any atom is -0.449 e. The molecule has 0 aliphatic heterocycles. The number of ether oxygens (including phenoxy) is 2. The molecule has 7 aromatic carbocycles. The van der Waals surface area contributed by atoms with E-state index in [9.17, 15) is 33.6 Å². The number of hydrogen-bond acceptors (Lipinski definition) is 10. The summed E-state index contributed by atoms with van der Waals surface area (Å²) < 4.78 is 10.6. The summed E-state index contributed by atoms with van der Waals surface area (Å²) in [6.45, 7) is 7.54. The number of ketones is 1. The Labute approximate surface area is 495 Å². The van der Waals surface area contributed by atoms with Gasteiger partial charge in [0.15, 0.2) is 5.78 Å². The predicted molar refractivity (Wildman–Crippen MR) is 327 cm³/mol. The second-order valence-electron chi connectivity index (χ2n) is 21.6. The number of thioether (sulfide) groups is 1. The first kappa shape index (κ1) is 61.1. The summed E-state index contributed by atoms with van der Waals surface area (Å²) in [6.07, 6.45) is -1.67. The number of carbonyl (C=O) groups is 7. The molecule has 434 valence electrons. The summed E-state index contributed by atoms with van der Waals surface area (Å²) in [6, 6.07) is 57.7. The van der Waals surface area contributed by atoms with Crippen molar-refractivity contribution in [1.82, 2.24) is 31.9 Å². The van der Waals surface area contributed by atoms with Crippen LogP contribution in [0.5, 0.6) is 0 Å². The molecule has 6 amide bonds. The lowest BCUT2D eigenvalue weighted by Gasteiger charge is -2.36. The van der Waals surface area contributed by atoms with Gasteiger partial charge in [0.1, 0.15) is 36.4 Å². The summed E-state index contributed by atoms with van der Waals surface area (Å²) in [5.41, 5.74) is 7.52. The Kier molecular flexibility index (Phi) is 20.9. The van der Waals surface area contributed by atoms with Crippen molar-refractivity contribution in [2.24, 2.45) is 0 Å². The molecule has 0 aromatic heterocycles. The molecule has 0 bridgehead atoms. The molecule has 16 heteroatoms. The van der Waals surface area contributed by atoms with E-state index >= 15 is 0 Å². The van der Waals surface area contributed by atoms with Gasteiger partial charge in [-0.25, -0.2) is 9.59 Å². The number of fused-ring (bicyclic) bond motifs is 3. The van der Waals surface area contributed by atoms with Gasteiger partial charge in [0, 0.05) is 31.1 Å². The molecule has 0 radical (unpaired) electrons. The van der Waals surface area contributed by atoms with Crippen molar-refractivity contribution in [3.05, 3.63) is 239 Å². The third-order valence-corrected chi connectivity index (χ3v) is 16.1. The second-order valence-corrected chi connectivity index (χ2v) is 22.9. The highest BCUT2D eigenvalue weighted by molar-refractivity contribution is 8.00. The fourth-order valence-corrected chi connectivity index (χ4v) is 11.9. The van der Waals surface area contributed by atoms with Crippen LogP contribution in [0.1, 0.15) is 85.9 Å². The van der Waals surface area contributed by atoms with Crippen LogP contribution in [0, 0.1) is 0 Å². The Balaban J connectivity index is 0.976. The Morgan fingerprint density at radius 1 is 0.464 bits per heavy atom. The van der Waals surface area contributed by atoms with E-state index in [0.29, 0.717) is 5.56 Å². The summed E-state index contributed by atoms with van der Waals surface area (Å²) in [7, 11) is 0. The van der Waals surface area contributed by atoms with Crippen LogP contribution >= 0.6 is 11.8 Å². The maximum Gasteiger partial charge on any atom is 0.408 e. The molecule has 7 aromatic rings. The van der Waals surface area contributed by atoms with Gasteiger partial charge in [-0.2, -0.15) is 0 Å². The molecular weight excluding hydrogens is 1080 g/mol. The van der Waals surface area contributed by atoms with Crippen molar-refractivity contribution in [3.63, 3.8) is 0 Å². The summed E-state index contributed by atoms with van der Waals surface area (Å²) in [4.78, 5) is 98.5. The van der Waals surface area contributed by atoms with Gasteiger partial charge in [0.25, 0.3) is 0 Å². The SMILES string of the molecule is CC[C@H](NC(=O)[C@H](CNC(=O)[C@H](Cc1ccccc1)NC(=O)[C@H](Cc1ccccc1)NC(=O)OCC1c2ccccc2-c2ccccc21)NC(=O)OC(C)(C)C)C(=O)N[C@@H](CSC(c1ccccc1)(c1ccccc1)c1ccccc1)C(C)=O. The quantitative estimate of drug-likeness (QED) is 0.0299. The number of carbonyl (C=O) groups excluding carboxylic acids is 7. The number of rotatable bonds is 25. The highest BCUT2D eigenvalue weighted by Gasteiger charge is 2.39. The molecule has 0 unspecified atom stereocenters. The number of amides is 6. The molecule has 0 saturated carbocycles. The van der Waals surface area contributed by atoms with Crippen LogP contribution in [0.4, 0.5) is 9.59 Å². The van der Waals surface area contributed by atoms with Crippen molar-refractivity contribution >= 4 is 53.4 Å². The summed E-state index contributed by atoms with van der Waals surface area (Å²) >= 11 is 1.50. The first-order chi connectivity index (χ1) is 40.5. The molecule has 1 aliphatic carbocycles. The molecule has 1 aliphatic rings.